The van der Waals surface area contributed by atoms with Crippen molar-refractivity contribution in [3.05, 3.63) is 33.4 Å². The second kappa shape index (κ2) is 8.44. The Labute approximate surface area is 154 Å². The highest BCUT2D eigenvalue weighted by Gasteiger charge is 2.24. The van der Waals surface area contributed by atoms with E-state index in [0.717, 1.165) is 3.57 Å². The molecule has 6 nitrogen and oxygen atoms in total. The van der Waals surface area contributed by atoms with Crippen LogP contribution in [0, 0.1) is 3.57 Å². The van der Waals surface area contributed by atoms with E-state index in [0.29, 0.717) is 43.5 Å². The average Bonchev–Trinajstić information content (AvgIpc) is 2.55. The van der Waals surface area contributed by atoms with Crippen LogP contribution in [0.1, 0.15) is 17.3 Å². The summed E-state index contributed by atoms with van der Waals surface area (Å²) in [6.07, 6.45) is -0.305. The zero-order valence-electron chi connectivity index (χ0n) is 12.8. The van der Waals surface area contributed by atoms with E-state index in [1.807, 2.05) is 17.0 Å². The number of thiocarbonyl (C=S) groups is 1. The minimum absolute atomic E-state index is 0.223. The maximum atomic E-state index is 12.2. The molecule has 1 aliphatic heterocycles. The molecule has 0 spiro atoms. The van der Waals surface area contributed by atoms with Crippen LogP contribution in [-0.2, 0) is 4.74 Å². The van der Waals surface area contributed by atoms with Crippen molar-refractivity contribution in [1.29, 1.82) is 0 Å². The number of halogens is 1. The summed E-state index contributed by atoms with van der Waals surface area (Å²) in [5, 5.41) is 3.12. The summed E-state index contributed by atoms with van der Waals surface area (Å²) in [6, 6.07) is 7.27. The number of amides is 2. The largest absolute Gasteiger partial charge is 0.450 e. The van der Waals surface area contributed by atoms with Crippen LogP contribution in [0.5, 0.6) is 0 Å². The molecule has 124 valence electrons. The first-order valence-electron chi connectivity index (χ1n) is 7.28. The molecule has 0 radical (unpaired) electrons. The highest BCUT2D eigenvalue weighted by Crippen LogP contribution is 2.08. The third-order valence-corrected chi connectivity index (χ3v) is 4.50. The Morgan fingerprint density at radius 2 is 1.74 bits per heavy atom. The van der Waals surface area contributed by atoms with Gasteiger partial charge in [0, 0.05) is 35.3 Å². The molecular weight excluding hydrogens is 429 g/mol. The number of piperazine rings is 1. The lowest BCUT2D eigenvalue weighted by molar-refractivity contribution is 0.0897. The van der Waals surface area contributed by atoms with Gasteiger partial charge in [-0.1, -0.05) is 0 Å². The summed E-state index contributed by atoms with van der Waals surface area (Å²) in [5.74, 6) is -0.223. The SMILES string of the molecule is CCOC(=O)N1CCN(C(=S)NC(=O)c2ccc(I)cc2)CC1. The molecule has 1 heterocycles. The third kappa shape index (κ3) is 5.03. The Balaban J connectivity index is 1.84. The Kier molecular flexibility index (Phi) is 6.58. The molecule has 2 rings (SSSR count). The van der Waals surface area contributed by atoms with E-state index >= 15 is 0 Å². The van der Waals surface area contributed by atoms with Crippen molar-refractivity contribution in [1.82, 2.24) is 15.1 Å². The Morgan fingerprint density at radius 1 is 1.17 bits per heavy atom. The summed E-state index contributed by atoms with van der Waals surface area (Å²) in [6.45, 7) is 4.35. The van der Waals surface area contributed by atoms with Gasteiger partial charge in [0.05, 0.1) is 6.61 Å². The molecule has 1 fully saturated rings. The van der Waals surface area contributed by atoms with Crippen LogP contribution in [0.25, 0.3) is 0 Å². The molecular formula is C15H18IN3O3S. The molecule has 0 aromatic heterocycles. The first-order chi connectivity index (χ1) is 11.0. The summed E-state index contributed by atoms with van der Waals surface area (Å²) < 4.78 is 6.04. The monoisotopic (exact) mass is 447 g/mol. The highest BCUT2D eigenvalue weighted by molar-refractivity contribution is 14.1. The number of nitrogens with one attached hydrogen (secondary N) is 1. The van der Waals surface area contributed by atoms with Crippen molar-refractivity contribution in [2.45, 2.75) is 6.92 Å². The molecule has 0 aliphatic carbocycles. The van der Waals surface area contributed by atoms with Crippen LogP contribution in [0.2, 0.25) is 0 Å². The van der Waals surface area contributed by atoms with Crippen molar-refractivity contribution < 1.29 is 14.3 Å². The quantitative estimate of drug-likeness (QED) is 0.556. The van der Waals surface area contributed by atoms with E-state index in [2.05, 4.69) is 27.9 Å². The van der Waals surface area contributed by atoms with Crippen molar-refractivity contribution >= 4 is 51.9 Å². The molecule has 1 saturated heterocycles. The summed E-state index contributed by atoms with van der Waals surface area (Å²) >= 11 is 7.47. The van der Waals surface area contributed by atoms with Gasteiger partial charge in [-0.2, -0.15) is 0 Å². The number of ether oxygens (including phenoxy) is 1. The fourth-order valence-corrected chi connectivity index (χ4v) is 2.79. The number of nitrogens with zero attached hydrogens (tertiary/aromatic N) is 2. The number of carbonyl (C=O) groups excluding carboxylic acids is 2. The zero-order chi connectivity index (χ0) is 16.8. The van der Waals surface area contributed by atoms with E-state index in [9.17, 15) is 9.59 Å². The van der Waals surface area contributed by atoms with Crippen LogP contribution in [-0.4, -0.2) is 59.7 Å². The second-order valence-corrected chi connectivity index (χ2v) is 6.57. The van der Waals surface area contributed by atoms with Gasteiger partial charge in [0.1, 0.15) is 0 Å². The van der Waals surface area contributed by atoms with Gasteiger partial charge in [0.25, 0.3) is 5.91 Å². The lowest BCUT2D eigenvalue weighted by Crippen LogP contribution is -2.54. The number of rotatable bonds is 2. The molecule has 0 unspecified atom stereocenters. The van der Waals surface area contributed by atoms with Gasteiger partial charge >= 0.3 is 6.09 Å². The second-order valence-electron chi connectivity index (χ2n) is 4.94. The first-order valence-corrected chi connectivity index (χ1v) is 8.77. The van der Waals surface area contributed by atoms with Crippen LogP contribution in [0.3, 0.4) is 0 Å². The summed E-state index contributed by atoms with van der Waals surface area (Å²) in [5.41, 5.74) is 0.568. The molecule has 8 heteroatoms. The van der Waals surface area contributed by atoms with Crippen molar-refractivity contribution in [2.24, 2.45) is 0 Å². The number of benzene rings is 1. The molecule has 1 aliphatic rings. The topological polar surface area (TPSA) is 61.9 Å². The Hall–Kier alpha value is -1.42. The summed E-state index contributed by atoms with van der Waals surface area (Å²) in [7, 11) is 0. The standard InChI is InChI=1S/C15H18IN3O3S/c1-2-22-15(21)19-9-7-18(8-10-19)14(23)17-13(20)11-3-5-12(16)6-4-11/h3-6H,2,7-10H2,1H3,(H,17,20,23). The number of hydrogen-bond donors (Lipinski definition) is 1. The van der Waals surface area contributed by atoms with Gasteiger partial charge in [0.2, 0.25) is 0 Å². The number of hydrogen-bond acceptors (Lipinski definition) is 4. The summed E-state index contributed by atoms with van der Waals surface area (Å²) in [4.78, 5) is 27.3. The third-order valence-electron chi connectivity index (χ3n) is 3.42. The smallest absolute Gasteiger partial charge is 0.409 e. The molecule has 0 atom stereocenters. The molecule has 2 amide bonds. The predicted molar refractivity (Wildman–Crippen MR) is 99.4 cm³/mol. The Bertz CT molecular complexity index is 586. The molecule has 23 heavy (non-hydrogen) atoms. The maximum Gasteiger partial charge on any atom is 0.409 e. The lowest BCUT2D eigenvalue weighted by Gasteiger charge is -2.35. The van der Waals surface area contributed by atoms with E-state index in [1.165, 1.54) is 0 Å². The van der Waals surface area contributed by atoms with Crippen LogP contribution in [0.15, 0.2) is 24.3 Å². The van der Waals surface area contributed by atoms with Gasteiger partial charge < -0.3 is 14.5 Å². The van der Waals surface area contributed by atoms with E-state index in [4.69, 9.17) is 17.0 Å². The lowest BCUT2D eigenvalue weighted by atomic mass is 10.2. The highest BCUT2D eigenvalue weighted by atomic mass is 127. The van der Waals surface area contributed by atoms with E-state index in [1.54, 1.807) is 24.0 Å². The van der Waals surface area contributed by atoms with Gasteiger partial charge in [-0.15, -0.1) is 0 Å². The van der Waals surface area contributed by atoms with Crippen LogP contribution < -0.4 is 5.32 Å². The molecule has 1 aromatic rings. The van der Waals surface area contributed by atoms with Crippen LogP contribution >= 0.6 is 34.8 Å². The van der Waals surface area contributed by atoms with Crippen molar-refractivity contribution in [3.8, 4) is 0 Å². The van der Waals surface area contributed by atoms with Crippen molar-refractivity contribution in [2.75, 3.05) is 32.8 Å². The fourth-order valence-electron chi connectivity index (χ4n) is 2.16. The van der Waals surface area contributed by atoms with Crippen molar-refractivity contribution in [3.63, 3.8) is 0 Å². The maximum absolute atomic E-state index is 12.2. The molecule has 0 bridgehead atoms. The molecule has 1 N–H and O–H groups in total. The van der Waals surface area contributed by atoms with E-state index < -0.39 is 0 Å². The average molecular weight is 447 g/mol. The number of carbonyl (C=O) groups is 2. The molecule has 0 saturated carbocycles. The minimum atomic E-state index is -0.305. The van der Waals surface area contributed by atoms with Crippen LogP contribution in [0.4, 0.5) is 4.79 Å². The normalized spacial score (nSPS) is 14.3. The Morgan fingerprint density at radius 3 is 2.30 bits per heavy atom. The zero-order valence-corrected chi connectivity index (χ0v) is 15.7. The minimum Gasteiger partial charge on any atom is -0.450 e. The van der Waals surface area contributed by atoms with Gasteiger partial charge in [-0.25, -0.2) is 4.79 Å². The predicted octanol–water partition coefficient (Wildman–Crippen LogP) is 2.08. The molecule has 1 aromatic carbocycles. The fraction of sp³-hybridized carbons (Fsp3) is 0.400. The van der Waals surface area contributed by atoms with Gasteiger partial charge in [0.15, 0.2) is 5.11 Å². The van der Waals surface area contributed by atoms with E-state index in [-0.39, 0.29) is 12.0 Å². The van der Waals surface area contributed by atoms with Gasteiger partial charge in [-0.05, 0) is 66.0 Å². The first kappa shape index (κ1) is 17.9. The van der Waals surface area contributed by atoms with Gasteiger partial charge in [-0.3, -0.25) is 10.1 Å².